The van der Waals surface area contributed by atoms with Gasteiger partial charge in [0.15, 0.2) is 0 Å². The lowest BCUT2D eigenvalue weighted by Gasteiger charge is -2.25. The number of imide groups is 1. The van der Waals surface area contributed by atoms with Crippen molar-refractivity contribution in [1.82, 2.24) is 0 Å². The van der Waals surface area contributed by atoms with Crippen LogP contribution in [0, 0.1) is 13.8 Å². The van der Waals surface area contributed by atoms with Crippen LogP contribution in [0.25, 0.3) is 0 Å². The van der Waals surface area contributed by atoms with Crippen molar-refractivity contribution in [2.75, 3.05) is 4.90 Å². The van der Waals surface area contributed by atoms with Crippen LogP contribution in [0.2, 0.25) is 0 Å². The molecule has 0 unspecified atom stereocenters. The van der Waals surface area contributed by atoms with Gasteiger partial charge in [-0.05, 0) is 25.0 Å². The second-order valence-corrected chi connectivity index (χ2v) is 4.18. The van der Waals surface area contributed by atoms with Crippen LogP contribution >= 0.6 is 0 Å². The Balaban J connectivity index is 3.54. The summed E-state index contributed by atoms with van der Waals surface area (Å²) in [5.41, 5.74) is -0.849. The van der Waals surface area contributed by atoms with Gasteiger partial charge >= 0.3 is 24.2 Å². The van der Waals surface area contributed by atoms with E-state index >= 15 is 0 Å². The van der Waals surface area contributed by atoms with Gasteiger partial charge in [0.2, 0.25) is 0 Å². The molecule has 3 nitrogen and oxygen atoms in total. The topological polar surface area (TPSA) is 37.4 Å². The monoisotopic (exact) mass is 313 g/mol. The van der Waals surface area contributed by atoms with Crippen LogP contribution in [0.3, 0.4) is 0 Å². The highest BCUT2D eigenvalue weighted by Gasteiger charge is 2.53. The molecule has 0 atom stereocenters. The summed E-state index contributed by atoms with van der Waals surface area (Å²) in [6.07, 6.45) is -11.2. The average molecular weight is 313 g/mol. The van der Waals surface area contributed by atoms with Crippen molar-refractivity contribution in [3.8, 4) is 0 Å². The number of carbonyl (C=O) groups excluding carboxylic acids is 2. The largest absolute Gasteiger partial charge is 0.472 e. The van der Waals surface area contributed by atoms with E-state index in [0.717, 1.165) is 0 Å². The quantitative estimate of drug-likeness (QED) is 0.746. The smallest absolute Gasteiger partial charge is 0.263 e. The number of hydrogen-bond donors (Lipinski definition) is 0. The van der Waals surface area contributed by atoms with E-state index in [0.29, 0.717) is 0 Å². The highest BCUT2D eigenvalue weighted by Crippen LogP contribution is 2.32. The van der Waals surface area contributed by atoms with Crippen LogP contribution in [0.15, 0.2) is 18.2 Å². The van der Waals surface area contributed by atoms with Crippen LogP contribution in [0.1, 0.15) is 11.1 Å². The van der Waals surface area contributed by atoms with E-state index in [1.807, 2.05) is 0 Å². The first kappa shape index (κ1) is 17.0. The molecule has 0 N–H and O–H groups in total. The van der Waals surface area contributed by atoms with Crippen molar-refractivity contribution in [3.05, 3.63) is 29.3 Å². The lowest BCUT2D eigenvalue weighted by molar-refractivity contribution is -0.181. The van der Waals surface area contributed by atoms with E-state index < -0.39 is 34.8 Å². The van der Waals surface area contributed by atoms with Crippen molar-refractivity contribution < 1.29 is 35.9 Å². The normalized spacial score (nSPS) is 12.2. The lowest BCUT2D eigenvalue weighted by Crippen LogP contribution is -2.51. The molecule has 0 saturated carbocycles. The summed E-state index contributed by atoms with van der Waals surface area (Å²) >= 11 is 0. The van der Waals surface area contributed by atoms with Gasteiger partial charge in [0.05, 0.1) is 5.69 Å². The molecule has 9 heteroatoms. The number of carbonyl (C=O) groups is 2. The first-order chi connectivity index (χ1) is 9.37. The maximum absolute atomic E-state index is 12.5. The summed E-state index contributed by atoms with van der Waals surface area (Å²) < 4.78 is 74.9. The minimum atomic E-state index is -5.62. The Labute approximate surface area is 115 Å². The van der Waals surface area contributed by atoms with Gasteiger partial charge in [-0.25, -0.2) is 4.90 Å². The third-order valence-corrected chi connectivity index (χ3v) is 2.55. The summed E-state index contributed by atoms with van der Waals surface area (Å²) in [6, 6.07) is 3.77. The molecular weight excluding hydrogens is 304 g/mol. The molecular formula is C12H9F6NO2. The first-order valence-corrected chi connectivity index (χ1v) is 5.46. The molecule has 0 fully saturated rings. The Morgan fingerprint density at radius 1 is 0.857 bits per heavy atom. The minimum Gasteiger partial charge on any atom is -0.263 e. The Kier molecular flexibility index (Phi) is 4.35. The van der Waals surface area contributed by atoms with Gasteiger partial charge < -0.3 is 0 Å². The minimum absolute atomic E-state index is 0.0646. The summed E-state index contributed by atoms with van der Waals surface area (Å²) in [5, 5.41) is 0. The molecule has 0 heterocycles. The molecule has 2 amide bonds. The number of alkyl halides is 6. The molecule has 0 aliphatic heterocycles. The van der Waals surface area contributed by atoms with E-state index in [2.05, 4.69) is 0 Å². The maximum atomic E-state index is 12.5. The van der Waals surface area contributed by atoms with E-state index in [1.165, 1.54) is 32.0 Å². The Hall–Kier alpha value is -2.06. The SMILES string of the molecule is Cc1cccc(C)c1N(C(=O)C(F)(F)F)C(=O)C(F)(F)F. The zero-order chi connectivity index (χ0) is 16.6. The van der Waals surface area contributed by atoms with Crippen molar-refractivity contribution >= 4 is 17.5 Å². The van der Waals surface area contributed by atoms with Crippen LogP contribution in [0.5, 0.6) is 0 Å². The van der Waals surface area contributed by atoms with Crippen molar-refractivity contribution in [3.63, 3.8) is 0 Å². The Morgan fingerprint density at radius 2 is 1.19 bits per heavy atom. The molecule has 1 aromatic rings. The predicted octanol–water partition coefficient (Wildman–Crippen LogP) is 3.29. The van der Waals surface area contributed by atoms with Gasteiger partial charge in [0, 0.05) is 0 Å². The van der Waals surface area contributed by atoms with Gasteiger partial charge in [-0.3, -0.25) is 9.59 Å². The summed E-state index contributed by atoms with van der Waals surface area (Å²) in [5.74, 6) is -5.77. The van der Waals surface area contributed by atoms with Gasteiger partial charge in [0.1, 0.15) is 0 Å². The van der Waals surface area contributed by atoms with Crippen LogP contribution in [-0.2, 0) is 9.59 Å². The summed E-state index contributed by atoms with van der Waals surface area (Å²) in [6.45, 7) is 2.39. The third kappa shape index (κ3) is 3.53. The van der Waals surface area contributed by atoms with E-state index in [-0.39, 0.29) is 11.1 Å². The van der Waals surface area contributed by atoms with Gasteiger partial charge in [-0.15, -0.1) is 0 Å². The molecule has 0 saturated heterocycles. The molecule has 0 radical (unpaired) electrons. The molecule has 0 aliphatic rings. The fourth-order valence-electron chi connectivity index (χ4n) is 1.71. The second-order valence-electron chi connectivity index (χ2n) is 4.18. The zero-order valence-electron chi connectivity index (χ0n) is 10.8. The summed E-state index contributed by atoms with van der Waals surface area (Å²) in [7, 11) is 0. The van der Waals surface area contributed by atoms with Crippen LogP contribution < -0.4 is 4.90 Å². The maximum Gasteiger partial charge on any atom is 0.472 e. The molecule has 1 aromatic carbocycles. The van der Waals surface area contributed by atoms with Gasteiger partial charge in [-0.1, -0.05) is 18.2 Å². The van der Waals surface area contributed by atoms with Crippen LogP contribution in [0.4, 0.5) is 32.0 Å². The average Bonchev–Trinajstić information content (AvgIpc) is 2.30. The molecule has 0 aromatic heterocycles. The van der Waals surface area contributed by atoms with Crippen molar-refractivity contribution in [2.45, 2.75) is 26.2 Å². The van der Waals surface area contributed by atoms with Crippen molar-refractivity contribution in [1.29, 1.82) is 0 Å². The second kappa shape index (κ2) is 5.38. The number of benzene rings is 1. The van der Waals surface area contributed by atoms with E-state index in [1.54, 1.807) is 0 Å². The number of para-hydroxylation sites is 1. The number of rotatable bonds is 1. The Bertz CT molecular complexity index is 530. The third-order valence-electron chi connectivity index (χ3n) is 2.55. The highest BCUT2D eigenvalue weighted by atomic mass is 19.4. The summed E-state index contributed by atoms with van der Waals surface area (Å²) in [4.78, 5) is 21.6. The van der Waals surface area contributed by atoms with Crippen molar-refractivity contribution in [2.24, 2.45) is 0 Å². The molecule has 0 aliphatic carbocycles. The molecule has 116 valence electrons. The number of nitrogens with zero attached hydrogens (tertiary/aromatic N) is 1. The predicted molar refractivity (Wildman–Crippen MR) is 60.5 cm³/mol. The van der Waals surface area contributed by atoms with E-state index in [9.17, 15) is 35.9 Å². The number of hydrogen-bond acceptors (Lipinski definition) is 2. The fraction of sp³-hybridized carbons (Fsp3) is 0.333. The molecule has 1 rings (SSSR count). The number of amides is 2. The number of aryl methyl sites for hydroxylation is 2. The fourth-order valence-corrected chi connectivity index (χ4v) is 1.71. The lowest BCUT2D eigenvalue weighted by atomic mass is 10.1. The van der Waals surface area contributed by atoms with Gasteiger partial charge in [-0.2, -0.15) is 26.3 Å². The molecule has 21 heavy (non-hydrogen) atoms. The molecule has 0 bridgehead atoms. The van der Waals surface area contributed by atoms with Crippen LogP contribution in [-0.4, -0.2) is 24.2 Å². The Morgan fingerprint density at radius 3 is 1.48 bits per heavy atom. The van der Waals surface area contributed by atoms with Gasteiger partial charge in [0.25, 0.3) is 0 Å². The standard InChI is InChI=1S/C12H9F6NO2/c1-6-4-3-5-7(2)8(6)19(9(20)11(13,14)15)10(21)12(16,17)18/h3-5H,1-2H3. The number of anilines is 1. The zero-order valence-corrected chi connectivity index (χ0v) is 10.8. The highest BCUT2D eigenvalue weighted by molar-refractivity contribution is 6.19. The first-order valence-electron chi connectivity index (χ1n) is 5.46. The molecule has 0 spiro atoms. The number of halogens is 6. The van der Waals surface area contributed by atoms with E-state index in [4.69, 9.17) is 0 Å².